The van der Waals surface area contributed by atoms with Crippen molar-refractivity contribution in [3.63, 3.8) is 0 Å². The molecule has 1 N–H and O–H groups in total. The first-order valence-corrected chi connectivity index (χ1v) is 9.24. The Morgan fingerprint density at radius 1 is 1.27 bits per heavy atom. The van der Waals surface area contributed by atoms with Crippen LogP contribution in [0.4, 0.5) is 4.39 Å². The SMILES string of the molecule is C/C=C(/Cc1nc2cc(F)ccc2s1)c1ccccc1C.CCC(=O)O. The fourth-order valence-electron chi connectivity index (χ4n) is 2.47. The lowest BCUT2D eigenvalue weighted by Gasteiger charge is -2.08. The van der Waals surface area contributed by atoms with Gasteiger partial charge in [0.2, 0.25) is 0 Å². The number of carbonyl (C=O) groups is 1. The standard InChI is InChI=1S/C18H16FNS.C3H6O2/c1-3-13(15-7-5-4-6-12(15)2)10-18-20-16-11-14(19)8-9-17(16)21-18;1-2-3(4)5/h3-9,11H,10H2,1-2H3;2H2,1H3,(H,4,5)/b13-3-;. The number of rotatable bonds is 4. The Morgan fingerprint density at radius 3 is 2.58 bits per heavy atom. The van der Waals surface area contributed by atoms with Gasteiger partial charge in [-0.05, 0) is 42.7 Å². The number of thiazole rings is 1. The minimum Gasteiger partial charge on any atom is -0.481 e. The molecule has 0 spiro atoms. The molecule has 0 radical (unpaired) electrons. The molecule has 0 amide bonds. The largest absolute Gasteiger partial charge is 0.481 e. The molecule has 5 heteroatoms. The van der Waals surface area contributed by atoms with Gasteiger partial charge in [0, 0.05) is 18.9 Å². The van der Waals surface area contributed by atoms with Crippen LogP contribution in [0.2, 0.25) is 0 Å². The lowest BCUT2D eigenvalue weighted by molar-refractivity contribution is -0.136. The number of aryl methyl sites for hydroxylation is 1. The first-order chi connectivity index (χ1) is 12.4. The number of aromatic nitrogens is 1. The van der Waals surface area contributed by atoms with Gasteiger partial charge in [-0.1, -0.05) is 37.3 Å². The molecule has 1 aromatic heterocycles. The van der Waals surface area contributed by atoms with E-state index in [0.29, 0.717) is 0 Å². The summed E-state index contributed by atoms with van der Waals surface area (Å²) in [4.78, 5) is 13.9. The Labute approximate surface area is 156 Å². The summed E-state index contributed by atoms with van der Waals surface area (Å²) in [6.45, 7) is 5.77. The minimum atomic E-state index is -0.745. The summed E-state index contributed by atoms with van der Waals surface area (Å²) in [5.74, 6) is -0.977. The highest BCUT2D eigenvalue weighted by molar-refractivity contribution is 7.18. The lowest BCUT2D eigenvalue weighted by Crippen LogP contribution is -1.93. The van der Waals surface area contributed by atoms with Gasteiger partial charge in [-0.15, -0.1) is 11.3 Å². The van der Waals surface area contributed by atoms with Crippen molar-refractivity contribution in [3.05, 3.63) is 70.5 Å². The van der Waals surface area contributed by atoms with Gasteiger partial charge in [-0.25, -0.2) is 9.37 Å². The van der Waals surface area contributed by atoms with E-state index in [-0.39, 0.29) is 12.2 Å². The summed E-state index contributed by atoms with van der Waals surface area (Å²) < 4.78 is 14.3. The molecule has 0 fully saturated rings. The van der Waals surface area contributed by atoms with Crippen LogP contribution >= 0.6 is 11.3 Å². The third-order valence-electron chi connectivity index (χ3n) is 3.88. The Kier molecular flexibility index (Phi) is 7.04. The third-order valence-corrected chi connectivity index (χ3v) is 4.91. The van der Waals surface area contributed by atoms with Crippen LogP contribution in [0.3, 0.4) is 0 Å². The number of benzene rings is 2. The molecule has 136 valence electrons. The van der Waals surface area contributed by atoms with Crippen LogP contribution in [0.15, 0.2) is 48.5 Å². The summed E-state index contributed by atoms with van der Waals surface area (Å²) in [6, 6.07) is 13.1. The van der Waals surface area contributed by atoms with E-state index in [2.05, 4.69) is 43.1 Å². The van der Waals surface area contributed by atoms with Crippen LogP contribution in [-0.2, 0) is 11.2 Å². The molecule has 2 aromatic carbocycles. The molecule has 0 aliphatic rings. The monoisotopic (exact) mass is 371 g/mol. The molecule has 26 heavy (non-hydrogen) atoms. The van der Waals surface area contributed by atoms with Crippen molar-refractivity contribution in [1.29, 1.82) is 0 Å². The number of nitrogens with zero attached hydrogens (tertiary/aromatic N) is 1. The second-order valence-corrected chi connectivity index (χ2v) is 6.89. The van der Waals surface area contributed by atoms with Crippen molar-refractivity contribution in [1.82, 2.24) is 4.98 Å². The average Bonchev–Trinajstić information content (AvgIpc) is 3.02. The molecule has 1 heterocycles. The Morgan fingerprint density at radius 2 is 1.96 bits per heavy atom. The number of hydrogen-bond acceptors (Lipinski definition) is 3. The zero-order chi connectivity index (χ0) is 19.1. The van der Waals surface area contributed by atoms with Gasteiger partial charge in [0.15, 0.2) is 0 Å². The van der Waals surface area contributed by atoms with E-state index >= 15 is 0 Å². The number of fused-ring (bicyclic) bond motifs is 1. The second kappa shape index (κ2) is 9.25. The maximum atomic E-state index is 13.2. The molecule has 3 rings (SSSR count). The van der Waals surface area contributed by atoms with Crippen molar-refractivity contribution in [3.8, 4) is 0 Å². The summed E-state index contributed by atoms with van der Waals surface area (Å²) in [5, 5.41) is 8.74. The average molecular weight is 371 g/mol. The fourth-order valence-corrected chi connectivity index (χ4v) is 3.44. The van der Waals surface area contributed by atoms with Crippen LogP contribution in [0, 0.1) is 12.7 Å². The van der Waals surface area contributed by atoms with Crippen LogP contribution < -0.4 is 0 Å². The zero-order valence-electron chi connectivity index (χ0n) is 15.1. The first-order valence-electron chi connectivity index (χ1n) is 8.42. The smallest absolute Gasteiger partial charge is 0.303 e. The highest BCUT2D eigenvalue weighted by Crippen LogP contribution is 2.28. The van der Waals surface area contributed by atoms with Crippen LogP contribution in [0.1, 0.15) is 36.4 Å². The van der Waals surface area contributed by atoms with Gasteiger partial charge in [0.25, 0.3) is 0 Å². The molecule has 0 aliphatic heterocycles. The number of aliphatic carboxylic acids is 1. The number of allylic oxidation sites excluding steroid dienone is 2. The number of halogens is 1. The van der Waals surface area contributed by atoms with Crippen molar-refractivity contribution in [2.24, 2.45) is 0 Å². The normalized spacial score (nSPS) is 11.2. The maximum Gasteiger partial charge on any atom is 0.303 e. The molecular formula is C21H22FNO2S. The lowest BCUT2D eigenvalue weighted by atomic mass is 9.98. The van der Waals surface area contributed by atoms with Gasteiger partial charge < -0.3 is 5.11 Å². The van der Waals surface area contributed by atoms with Gasteiger partial charge in [0.05, 0.1) is 15.2 Å². The van der Waals surface area contributed by atoms with E-state index in [1.54, 1.807) is 24.3 Å². The Bertz CT molecular complexity index is 931. The highest BCUT2D eigenvalue weighted by Gasteiger charge is 2.09. The van der Waals surface area contributed by atoms with E-state index in [1.165, 1.54) is 28.8 Å². The Balaban J connectivity index is 0.000000431. The summed E-state index contributed by atoms with van der Waals surface area (Å²) in [7, 11) is 0. The van der Waals surface area contributed by atoms with Gasteiger partial charge in [-0.3, -0.25) is 4.79 Å². The topological polar surface area (TPSA) is 50.2 Å². The molecule has 0 atom stereocenters. The predicted octanol–water partition coefficient (Wildman–Crippen LogP) is 5.87. The molecule has 0 saturated carbocycles. The van der Waals surface area contributed by atoms with Crippen LogP contribution in [0.25, 0.3) is 15.8 Å². The molecule has 0 unspecified atom stereocenters. The van der Waals surface area contributed by atoms with Gasteiger partial charge in [-0.2, -0.15) is 0 Å². The van der Waals surface area contributed by atoms with E-state index in [4.69, 9.17) is 5.11 Å². The van der Waals surface area contributed by atoms with Gasteiger partial charge >= 0.3 is 5.97 Å². The molecular weight excluding hydrogens is 349 g/mol. The first kappa shape index (κ1) is 19.8. The fraction of sp³-hybridized carbons (Fsp3) is 0.238. The molecule has 0 saturated heterocycles. The molecule has 3 nitrogen and oxygen atoms in total. The van der Waals surface area contributed by atoms with Crippen LogP contribution in [-0.4, -0.2) is 16.1 Å². The van der Waals surface area contributed by atoms with E-state index in [1.807, 2.05) is 6.07 Å². The minimum absolute atomic E-state index is 0.222. The van der Waals surface area contributed by atoms with Crippen molar-refractivity contribution in [2.45, 2.75) is 33.6 Å². The maximum absolute atomic E-state index is 13.2. The summed E-state index contributed by atoms with van der Waals surface area (Å²) in [6.07, 6.45) is 3.14. The number of carboxylic acids is 1. The quantitative estimate of drug-likeness (QED) is 0.624. The van der Waals surface area contributed by atoms with Crippen LogP contribution in [0.5, 0.6) is 0 Å². The van der Waals surface area contributed by atoms with E-state index in [9.17, 15) is 9.18 Å². The number of hydrogen-bond donors (Lipinski definition) is 1. The zero-order valence-corrected chi connectivity index (χ0v) is 15.9. The van der Waals surface area contributed by atoms with E-state index in [0.717, 1.165) is 21.6 Å². The highest BCUT2D eigenvalue weighted by atomic mass is 32.1. The van der Waals surface area contributed by atoms with Crippen molar-refractivity contribution in [2.75, 3.05) is 0 Å². The summed E-state index contributed by atoms with van der Waals surface area (Å²) in [5.41, 5.74) is 4.52. The van der Waals surface area contributed by atoms with Crippen molar-refractivity contribution >= 4 is 33.1 Å². The molecule has 0 bridgehead atoms. The molecule has 0 aliphatic carbocycles. The Hall–Kier alpha value is -2.53. The molecule has 3 aromatic rings. The second-order valence-electron chi connectivity index (χ2n) is 5.77. The number of carboxylic acid groups (broad SMARTS) is 1. The predicted molar refractivity (Wildman–Crippen MR) is 106 cm³/mol. The third kappa shape index (κ3) is 5.23. The van der Waals surface area contributed by atoms with Gasteiger partial charge in [0.1, 0.15) is 5.82 Å². The van der Waals surface area contributed by atoms with Crippen molar-refractivity contribution < 1.29 is 14.3 Å². The summed E-state index contributed by atoms with van der Waals surface area (Å²) >= 11 is 1.63. The van der Waals surface area contributed by atoms with E-state index < -0.39 is 5.97 Å².